The average Bonchev–Trinajstić information content (AvgIpc) is 3.29. The summed E-state index contributed by atoms with van der Waals surface area (Å²) in [7, 11) is 0. The van der Waals surface area contributed by atoms with E-state index in [1.54, 1.807) is 0 Å². The normalized spacial score (nSPS) is 11.2. The molecule has 0 radical (unpaired) electrons. The number of aromatic nitrogens is 4. The summed E-state index contributed by atoms with van der Waals surface area (Å²) in [6.45, 7) is 0. The Kier molecular flexibility index (Phi) is 8.47. The molecule has 0 unspecified atom stereocenters. The first-order valence-electron chi connectivity index (χ1n) is 18.8. The van der Waals surface area contributed by atoms with Crippen molar-refractivity contribution in [3.63, 3.8) is 0 Å². The second kappa shape index (κ2) is 14.3. The second-order valence-electron chi connectivity index (χ2n) is 13.9. The lowest BCUT2D eigenvalue weighted by Gasteiger charge is -2.12. The molecule has 0 N–H and O–H groups in total. The Morgan fingerprint density at radius 1 is 0.214 bits per heavy atom. The molecule has 0 spiro atoms. The summed E-state index contributed by atoms with van der Waals surface area (Å²) in [5.41, 5.74) is 14.5. The fourth-order valence-electron chi connectivity index (χ4n) is 7.43. The van der Waals surface area contributed by atoms with E-state index >= 15 is 0 Å². The van der Waals surface area contributed by atoms with E-state index in [0.717, 1.165) is 66.6 Å². The molecule has 10 aromatic rings. The summed E-state index contributed by atoms with van der Waals surface area (Å²) in [6.07, 6.45) is 0. The molecule has 0 aliphatic carbocycles. The van der Waals surface area contributed by atoms with Gasteiger partial charge in [0.15, 0.2) is 11.6 Å². The van der Waals surface area contributed by atoms with Gasteiger partial charge in [-0.1, -0.05) is 182 Å². The van der Waals surface area contributed by atoms with E-state index in [9.17, 15) is 0 Å². The number of rotatable bonds is 7. The largest absolute Gasteiger partial charge is 0.228 e. The van der Waals surface area contributed by atoms with Gasteiger partial charge in [-0.05, 0) is 57.6 Å². The summed E-state index contributed by atoms with van der Waals surface area (Å²) >= 11 is 0. The van der Waals surface area contributed by atoms with Crippen LogP contribution < -0.4 is 0 Å². The molecule has 0 saturated carbocycles. The topological polar surface area (TPSA) is 51.6 Å². The molecule has 262 valence electrons. The van der Waals surface area contributed by atoms with Crippen LogP contribution in [0.4, 0.5) is 0 Å². The molecular formula is C52H34N4. The molecule has 0 aliphatic rings. The van der Waals surface area contributed by atoms with Gasteiger partial charge in [0.2, 0.25) is 0 Å². The van der Waals surface area contributed by atoms with Crippen molar-refractivity contribution in [2.75, 3.05) is 0 Å². The molecule has 0 atom stereocenters. The maximum atomic E-state index is 5.20. The third kappa shape index (κ3) is 6.40. The van der Waals surface area contributed by atoms with Crippen LogP contribution in [0.3, 0.4) is 0 Å². The lowest BCUT2D eigenvalue weighted by atomic mass is 9.99. The number of para-hydroxylation sites is 2. The Morgan fingerprint density at radius 2 is 0.536 bits per heavy atom. The van der Waals surface area contributed by atoms with Crippen molar-refractivity contribution in [1.29, 1.82) is 0 Å². The summed E-state index contributed by atoms with van der Waals surface area (Å²) in [4.78, 5) is 20.5. The van der Waals surface area contributed by atoms with Crippen LogP contribution in [-0.2, 0) is 0 Å². The first-order chi connectivity index (χ1) is 27.7. The predicted molar refractivity (Wildman–Crippen MR) is 231 cm³/mol. The minimum Gasteiger partial charge on any atom is -0.228 e. The molecule has 2 aromatic heterocycles. The van der Waals surface area contributed by atoms with Crippen molar-refractivity contribution in [2.24, 2.45) is 0 Å². The van der Waals surface area contributed by atoms with Crippen LogP contribution >= 0.6 is 0 Å². The molecule has 0 aliphatic heterocycles. The van der Waals surface area contributed by atoms with Gasteiger partial charge in [0.05, 0.1) is 22.4 Å². The fraction of sp³-hybridized carbons (Fsp3) is 0. The smallest absolute Gasteiger partial charge is 0.160 e. The molecule has 8 aromatic carbocycles. The fourth-order valence-corrected chi connectivity index (χ4v) is 7.43. The molecule has 0 bridgehead atoms. The zero-order valence-electron chi connectivity index (χ0n) is 30.4. The molecule has 2 heterocycles. The Labute approximate surface area is 325 Å². The Bertz CT molecular complexity index is 2790. The van der Waals surface area contributed by atoms with Gasteiger partial charge in [-0.15, -0.1) is 0 Å². The van der Waals surface area contributed by atoms with Gasteiger partial charge in [0.25, 0.3) is 0 Å². The van der Waals surface area contributed by atoms with Crippen LogP contribution in [0, 0.1) is 0 Å². The number of benzene rings is 8. The van der Waals surface area contributed by atoms with Crippen molar-refractivity contribution in [3.05, 3.63) is 206 Å². The highest BCUT2D eigenvalue weighted by Gasteiger charge is 2.15. The van der Waals surface area contributed by atoms with E-state index in [0.29, 0.717) is 11.6 Å². The van der Waals surface area contributed by atoms with Crippen molar-refractivity contribution in [3.8, 4) is 78.7 Å². The van der Waals surface area contributed by atoms with Crippen LogP contribution in [0.2, 0.25) is 0 Å². The van der Waals surface area contributed by atoms with Crippen molar-refractivity contribution in [2.45, 2.75) is 0 Å². The van der Waals surface area contributed by atoms with Gasteiger partial charge in [0.1, 0.15) is 0 Å². The maximum Gasteiger partial charge on any atom is 0.160 e. The van der Waals surface area contributed by atoms with Crippen LogP contribution in [0.15, 0.2) is 206 Å². The number of hydrogen-bond acceptors (Lipinski definition) is 4. The van der Waals surface area contributed by atoms with Crippen molar-refractivity contribution >= 4 is 21.8 Å². The van der Waals surface area contributed by atoms with Gasteiger partial charge in [-0.25, -0.2) is 19.9 Å². The van der Waals surface area contributed by atoms with E-state index in [-0.39, 0.29) is 0 Å². The zero-order valence-corrected chi connectivity index (χ0v) is 30.4. The molecule has 10 rings (SSSR count). The predicted octanol–water partition coefficient (Wildman–Crippen LogP) is 13.2. The van der Waals surface area contributed by atoms with E-state index in [1.807, 2.05) is 36.4 Å². The van der Waals surface area contributed by atoms with Gasteiger partial charge in [0, 0.05) is 33.0 Å². The van der Waals surface area contributed by atoms with Crippen LogP contribution in [0.5, 0.6) is 0 Å². The monoisotopic (exact) mass is 714 g/mol. The molecular weight excluding hydrogens is 681 g/mol. The maximum absolute atomic E-state index is 5.20. The van der Waals surface area contributed by atoms with Crippen LogP contribution in [-0.4, -0.2) is 19.9 Å². The lowest BCUT2D eigenvalue weighted by molar-refractivity contribution is 1.23. The van der Waals surface area contributed by atoms with Crippen LogP contribution in [0.1, 0.15) is 0 Å². The lowest BCUT2D eigenvalue weighted by Crippen LogP contribution is -1.96. The highest BCUT2D eigenvalue weighted by Crippen LogP contribution is 2.35. The number of fused-ring (bicyclic) bond motifs is 2. The van der Waals surface area contributed by atoms with Crippen LogP contribution in [0.25, 0.3) is 100 Å². The van der Waals surface area contributed by atoms with Gasteiger partial charge in [-0.3, -0.25) is 0 Å². The summed E-state index contributed by atoms with van der Waals surface area (Å²) in [5.74, 6) is 1.37. The standard InChI is InChI=1S/C52H34N4/c1-3-13-35(14-4-1)37-25-29-39(30-26-37)49-45-21-7-9-23-47(45)53-51(55-49)43-19-11-17-41(33-43)42-18-12-20-44(34-42)52-54-48-24-10-8-22-46(48)50(56-52)40-31-27-38(28-32-40)36-15-5-2-6-16-36/h1-34H. The number of nitrogens with zero attached hydrogens (tertiary/aromatic N) is 4. The first kappa shape index (κ1) is 33.0. The number of hydrogen-bond donors (Lipinski definition) is 0. The van der Waals surface area contributed by atoms with Gasteiger partial charge in [-0.2, -0.15) is 0 Å². The minimum atomic E-state index is 0.685. The highest BCUT2D eigenvalue weighted by molar-refractivity contribution is 5.95. The van der Waals surface area contributed by atoms with Crippen molar-refractivity contribution < 1.29 is 0 Å². The van der Waals surface area contributed by atoms with E-state index in [2.05, 4.69) is 170 Å². The molecule has 56 heavy (non-hydrogen) atoms. The molecule has 0 saturated heterocycles. The Morgan fingerprint density at radius 3 is 0.964 bits per heavy atom. The Balaban J connectivity index is 1.01. The quantitative estimate of drug-likeness (QED) is 0.165. The summed E-state index contributed by atoms with van der Waals surface area (Å²) in [5, 5.41) is 2.05. The minimum absolute atomic E-state index is 0.685. The molecule has 4 heteroatoms. The van der Waals surface area contributed by atoms with E-state index in [1.165, 1.54) is 22.3 Å². The van der Waals surface area contributed by atoms with Gasteiger partial charge < -0.3 is 0 Å². The van der Waals surface area contributed by atoms with E-state index < -0.39 is 0 Å². The van der Waals surface area contributed by atoms with Crippen molar-refractivity contribution in [1.82, 2.24) is 19.9 Å². The van der Waals surface area contributed by atoms with Gasteiger partial charge >= 0.3 is 0 Å². The molecule has 4 nitrogen and oxygen atoms in total. The van der Waals surface area contributed by atoms with E-state index in [4.69, 9.17) is 19.9 Å². The summed E-state index contributed by atoms with van der Waals surface area (Å²) < 4.78 is 0. The third-order valence-corrected chi connectivity index (χ3v) is 10.3. The molecule has 0 fully saturated rings. The first-order valence-corrected chi connectivity index (χ1v) is 18.8. The average molecular weight is 715 g/mol. The third-order valence-electron chi connectivity index (χ3n) is 10.3. The molecule has 0 amide bonds. The highest BCUT2D eigenvalue weighted by atomic mass is 14.9. The summed E-state index contributed by atoms with van der Waals surface area (Å²) in [6, 6.07) is 71.6. The SMILES string of the molecule is c1ccc(-c2ccc(-c3nc(-c4cccc(-c5cccc(-c6nc(-c7ccc(-c8ccccc8)cc7)c7ccccc7n6)c5)c4)nc4ccccc34)cc2)cc1. The Hall–Kier alpha value is -7.56. The zero-order chi connectivity index (χ0) is 37.3. The second-order valence-corrected chi connectivity index (χ2v) is 13.9.